The van der Waals surface area contributed by atoms with Crippen LogP contribution in [0, 0.1) is 5.92 Å². The highest BCUT2D eigenvalue weighted by molar-refractivity contribution is 9.09. The number of ketones is 1. The van der Waals surface area contributed by atoms with Crippen LogP contribution in [0.2, 0.25) is 0 Å². The molecule has 3 heteroatoms. The fraction of sp³-hybridized carbons (Fsp3) is 0.857. The molecule has 0 atom stereocenters. The molecular weight excluding hydrogens is 196 g/mol. The molecule has 0 aliphatic carbocycles. The molecule has 1 aliphatic heterocycles. The number of Topliss-reactive ketones (excluding diaryl/α,β-unsaturated/α-hetero) is 1. The predicted molar refractivity (Wildman–Crippen MR) is 42.3 cm³/mol. The molecule has 0 aromatic rings. The minimum atomic E-state index is 0.258. The SMILES string of the molecule is O=C(CBr)C1CCOCC1. The Hall–Kier alpha value is 0.110. The Balaban J connectivity index is 2.31. The molecule has 0 spiro atoms. The van der Waals surface area contributed by atoms with Crippen LogP contribution in [0.3, 0.4) is 0 Å². The smallest absolute Gasteiger partial charge is 0.146 e. The molecule has 0 aromatic heterocycles. The van der Waals surface area contributed by atoms with Crippen molar-refractivity contribution in [3.8, 4) is 0 Å². The van der Waals surface area contributed by atoms with Crippen LogP contribution in [0.5, 0.6) is 0 Å². The normalized spacial score (nSPS) is 20.9. The average Bonchev–Trinajstić information content (AvgIpc) is 2.05. The summed E-state index contributed by atoms with van der Waals surface area (Å²) in [5.74, 6) is 0.580. The van der Waals surface area contributed by atoms with E-state index in [4.69, 9.17) is 4.74 Å². The Morgan fingerprint density at radius 1 is 1.50 bits per heavy atom. The summed E-state index contributed by atoms with van der Waals surface area (Å²) in [5.41, 5.74) is 0. The highest BCUT2D eigenvalue weighted by atomic mass is 79.9. The Bertz CT molecular complexity index is 119. The number of carbonyl (C=O) groups excluding carboxylic acids is 1. The van der Waals surface area contributed by atoms with E-state index in [9.17, 15) is 4.79 Å². The van der Waals surface area contributed by atoms with Gasteiger partial charge in [-0.3, -0.25) is 4.79 Å². The lowest BCUT2D eigenvalue weighted by atomic mass is 9.97. The zero-order valence-electron chi connectivity index (χ0n) is 5.81. The van der Waals surface area contributed by atoms with Crippen molar-refractivity contribution in [2.75, 3.05) is 18.5 Å². The summed E-state index contributed by atoms with van der Waals surface area (Å²) in [5, 5.41) is 0.498. The molecule has 0 amide bonds. The predicted octanol–water partition coefficient (Wildman–Crippen LogP) is 1.38. The summed E-state index contributed by atoms with van der Waals surface area (Å²) in [6.45, 7) is 1.51. The summed E-state index contributed by atoms with van der Waals surface area (Å²) in [6, 6.07) is 0. The lowest BCUT2D eigenvalue weighted by molar-refractivity contribution is -0.122. The minimum Gasteiger partial charge on any atom is -0.381 e. The average molecular weight is 207 g/mol. The Labute approximate surface area is 69.1 Å². The lowest BCUT2D eigenvalue weighted by Crippen LogP contribution is -2.23. The van der Waals surface area contributed by atoms with E-state index in [0.717, 1.165) is 26.1 Å². The Kier molecular flexibility index (Phi) is 3.35. The molecule has 0 bridgehead atoms. The van der Waals surface area contributed by atoms with Gasteiger partial charge in [0, 0.05) is 19.1 Å². The third-order valence-electron chi connectivity index (χ3n) is 1.81. The summed E-state index contributed by atoms with van der Waals surface area (Å²) in [6.07, 6.45) is 1.81. The molecule has 0 unspecified atom stereocenters. The van der Waals surface area contributed by atoms with Crippen molar-refractivity contribution in [1.82, 2.24) is 0 Å². The summed E-state index contributed by atoms with van der Waals surface area (Å²) in [7, 11) is 0. The highest BCUT2D eigenvalue weighted by Gasteiger charge is 2.19. The topological polar surface area (TPSA) is 26.3 Å². The molecule has 0 aromatic carbocycles. The van der Waals surface area contributed by atoms with E-state index < -0.39 is 0 Å². The first-order valence-corrected chi connectivity index (χ1v) is 4.63. The largest absolute Gasteiger partial charge is 0.381 e. The molecule has 0 saturated carbocycles. The number of ether oxygens (including phenoxy) is 1. The minimum absolute atomic E-state index is 0.258. The number of carbonyl (C=O) groups is 1. The second-order valence-electron chi connectivity index (χ2n) is 2.49. The van der Waals surface area contributed by atoms with Crippen molar-refractivity contribution in [3.05, 3.63) is 0 Å². The Morgan fingerprint density at radius 3 is 2.60 bits per heavy atom. The van der Waals surface area contributed by atoms with Crippen molar-refractivity contribution < 1.29 is 9.53 Å². The standard InChI is InChI=1S/C7H11BrO2/c8-5-7(9)6-1-3-10-4-2-6/h6H,1-5H2. The van der Waals surface area contributed by atoms with Gasteiger partial charge < -0.3 is 4.74 Å². The first kappa shape index (κ1) is 8.21. The number of halogens is 1. The van der Waals surface area contributed by atoms with E-state index in [1.165, 1.54) is 0 Å². The maximum atomic E-state index is 11.1. The summed E-state index contributed by atoms with van der Waals surface area (Å²) < 4.78 is 5.13. The van der Waals surface area contributed by atoms with E-state index in [1.807, 2.05) is 0 Å². The maximum absolute atomic E-state index is 11.1. The van der Waals surface area contributed by atoms with Crippen LogP contribution in [-0.2, 0) is 9.53 Å². The molecular formula is C7H11BrO2. The molecule has 10 heavy (non-hydrogen) atoms. The zero-order valence-corrected chi connectivity index (χ0v) is 7.39. The number of alkyl halides is 1. The first-order valence-electron chi connectivity index (χ1n) is 3.51. The second-order valence-corrected chi connectivity index (χ2v) is 3.05. The highest BCUT2D eigenvalue weighted by Crippen LogP contribution is 2.16. The van der Waals surface area contributed by atoms with Crippen LogP contribution in [0.15, 0.2) is 0 Å². The van der Waals surface area contributed by atoms with Crippen LogP contribution >= 0.6 is 15.9 Å². The number of rotatable bonds is 2. The molecule has 1 aliphatic rings. The molecule has 1 heterocycles. The van der Waals surface area contributed by atoms with Gasteiger partial charge in [0.2, 0.25) is 0 Å². The van der Waals surface area contributed by atoms with Gasteiger partial charge in [-0.1, -0.05) is 15.9 Å². The fourth-order valence-corrected chi connectivity index (χ4v) is 1.59. The van der Waals surface area contributed by atoms with Crippen LogP contribution in [-0.4, -0.2) is 24.3 Å². The van der Waals surface area contributed by atoms with Crippen LogP contribution in [0.4, 0.5) is 0 Å². The van der Waals surface area contributed by atoms with Gasteiger partial charge in [-0.15, -0.1) is 0 Å². The van der Waals surface area contributed by atoms with Crippen molar-refractivity contribution in [3.63, 3.8) is 0 Å². The number of hydrogen-bond donors (Lipinski definition) is 0. The van der Waals surface area contributed by atoms with Gasteiger partial charge in [0.15, 0.2) is 0 Å². The second kappa shape index (κ2) is 4.09. The molecule has 58 valence electrons. The van der Waals surface area contributed by atoms with Gasteiger partial charge in [0.05, 0.1) is 5.33 Å². The van der Waals surface area contributed by atoms with Crippen LogP contribution in [0.25, 0.3) is 0 Å². The van der Waals surface area contributed by atoms with E-state index in [0.29, 0.717) is 11.1 Å². The van der Waals surface area contributed by atoms with E-state index in [2.05, 4.69) is 15.9 Å². The van der Waals surface area contributed by atoms with Gasteiger partial charge in [-0.05, 0) is 12.8 Å². The third kappa shape index (κ3) is 2.06. The summed E-state index contributed by atoms with van der Waals surface area (Å²) >= 11 is 3.16. The van der Waals surface area contributed by atoms with E-state index in [-0.39, 0.29) is 5.92 Å². The molecule has 1 rings (SSSR count). The lowest BCUT2D eigenvalue weighted by Gasteiger charge is -2.19. The van der Waals surface area contributed by atoms with Gasteiger partial charge >= 0.3 is 0 Å². The monoisotopic (exact) mass is 206 g/mol. The zero-order chi connectivity index (χ0) is 7.40. The van der Waals surface area contributed by atoms with Gasteiger partial charge in [0.25, 0.3) is 0 Å². The fourth-order valence-electron chi connectivity index (χ4n) is 1.13. The third-order valence-corrected chi connectivity index (χ3v) is 2.36. The maximum Gasteiger partial charge on any atom is 0.146 e. The van der Waals surface area contributed by atoms with Gasteiger partial charge in [-0.2, -0.15) is 0 Å². The molecule has 2 nitrogen and oxygen atoms in total. The Morgan fingerprint density at radius 2 is 2.10 bits per heavy atom. The van der Waals surface area contributed by atoms with E-state index >= 15 is 0 Å². The molecule has 1 saturated heterocycles. The summed E-state index contributed by atoms with van der Waals surface area (Å²) in [4.78, 5) is 11.1. The molecule has 0 radical (unpaired) electrons. The van der Waals surface area contributed by atoms with Crippen LogP contribution in [0.1, 0.15) is 12.8 Å². The van der Waals surface area contributed by atoms with E-state index in [1.54, 1.807) is 0 Å². The first-order chi connectivity index (χ1) is 4.84. The van der Waals surface area contributed by atoms with Gasteiger partial charge in [-0.25, -0.2) is 0 Å². The van der Waals surface area contributed by atoms with Crippen molar-refractivity contribution >= 4 is 21.7 Å². The van der Waals surface area contributed by atoms with Crippen molar-refractivity contribution in [2.24, 2.45) is 5.92 Å². The van der Waals surface area contributed by atoms with Crippen LogP contribution < -0.4 is 0 Å². The molecule has 1 fully saturated rings. The number of hydrogen-bond acceptors (Lipinski definition) is 2. The van der Waals surface area contributed by atoms with Crippen molar-refractivity contribution in [2.45, 2.75) is 12.8 Å². The quantitative estimate of drug-likeness (QED) is 0.639. The van der Waals surface area contributed by atoms with Crippen molar-refractivity contribution in [1.29, 1.82) is 0 Å². The van der Waals surface area contributed by atoms with Gasteiger partial charge in [0.1, 0.15) is 5.78 Å². The molecule has 0 N–H and O–H groups in total.